The second kappa shape index (κ2) is 5.54. The summed E-state index contributed by atoms with van der Waals surface area (Å²) in [6.45, 7) is 0. The third-order valence-electron chi connectivity index (χ3n) is 2.67. The Morgan fingerprint density at radius 3 is 2.29 bits per heavy atom. The Balaban J connectivity index is 2.14. The van der Waals surface area contributed by atoms with Crippen molar-refractivity contribution in [2.45, 2.75) is 12.5 Å². The first-order valence-corrected chi connectivity index (χ1v) is 6.17. The average molecular weight is 266 g/mol. The number of hydrogen-bond acceptors (Lipinski definition) is 1. The molecule has 0 aliphatic carbocycles. The van der Waals surface area contributed by atoms with E-state index in [2.05, 4.69) is 12.1 Å². The van der Waals surface area contributed by atoms with Gasteiger partial charge >= 0.3 is 0 Å². The van der Waals surface area contributed by atoms with E-state index in [1.54, 1.807) is 6.07 Å². The van der Waals surface area contributed by atoms with Gasteiger partial charge in [-0.15, -0.1) is 0 Å². The summed E-state index contributed by atoms with van der Waals surface area (Å²) in [6, 6.07) is 15.6. The molecule has 0 heterocycles. The van der Waals surface area contributed by atoms with E-state index in [-0.39, 0.29) is 6.04 Å². The van der Waals surface area contributed by atoms with E-state index in [0.29, 0.717) is 10.0 Å². The molecule has 1 atom stereocenters. The summed E-state index contributed by atoms with van der Waals surface area (Å²) in [7, 11) is 0. The van der Waals surface area contributed by atoms with Gasteiger partial charge in [0.15, 0.2) is 0 Å². The molecule has 2 aromatic carbocycles. The number of rotatable bonds is 3. The summed E-state index contributed by atoms with van der Waals surface area (Å²) in [5, 5.41) is 1.11. The molecule has 0 spiro atoms. The highest BCUT2D eigenvalue weighted by molar-refractivity contribution is 6.42. The van der Waals surface area contributed by atoms with Crippen LogP contribution in [0.3, 0.4) is 0 Å². The topological polar surface area (TPSA) is 26.0 Å². The Labute approximate surface area is 111 Å². The van der Waals surface area contributed by atoms with Crippen molar-refractivity contribution in [3.63, 3.8) is 0 Å². The highest BCUT2D eigenvalue weighted by Gasteiger charge is 2.08. The molecule has 0 bridgehead atoms. The molecule has 2 rings (SSSR count). The van der Waals surface area contributed by atoms with Crippen molar-refractivity contribution in [1.29, 1.82) is 0 Å². The summed E-state index contributed by atoms with van der Waals surface area (Å²) in [5.74, 6) is 0. The van der Waals surface area contributed by atoms with Crippen LogP contribution in [-0.2, 0) is 6.42 Å². The van der Waals surface area contributed by atoms with Gasteiger partial charge < -0.3 is 5.73 Å². The van der Waals surface area contributed by atoms with Crippen LogP contribution in [0, 0.1) is 0 Å². The Morgan fingerprint density at radius 2 is 1.65 bits per heavy atom. The molecule has 0 amide bonds. The van der Waals surface area contributed by atoms with Gasteiger partial charge in [0.05, 0.1) is 10.0 Å². The Morgan fingerprint density at radius 1 is 0.941 bits per heavy atom. The fourth-order valence-electron chi connectivity index (χ4n) is 1.73. The lowest BCUT2D eigenvalue weighted by Gasteiger charge is -2.12. The molecule has 0 aromatic heterocycles. The van der Waals surface area contributed by atoms with Gasteiger partial charge in [0.1, 0.15) is 0 Å². The second-order valence-corrected chi connectivity index (χ2v) is 4.78. The van der Waals surface area contributed by atoms with Crippen LogP contribution in [0.1, 0.15) is 17.2 Å². The maximum Gasteiger partial charge on any atom is 0.0595 e. The minimum absolute atomic E-state index is 0.0628. The molecule has 0 aliphatic heterocycles. The molecule has 0 unspecified atom stereocenters. The van der Waals surface area contributed by atoms with Crippen molar-refractivity contribution in [2.75, 3.05) is 0 Å². The van der Waals surface area contributed by atoms with Crippen molar-refractivity contribution in [3.05, 3.63) is 69.7 Å². The van der Waals surface area contributed by atoms with Crippen molar-refractivity contribution in [2.24, 2.45) is 5.73 Å². The van der Waals surface area contributed by atoms with Crippen LogP contribution < -0.4 is 5.73 Å². The maximum absolute atomic E-state index is 6.14. The lowest BCUT2D eigenvalue weighted by atomic mass is 10.00. The molecule has 88 valence electrons. The predicted octanol–water partition coefficient (Wildman–Crippen LogP) is 4.24. The smallest absolute Gasteiger partial charge is 0.0595 e. The zero-order valence-electron chi connectivity index (χ0n) is 9.24. The minimum atomic E-state index is -0.0628. The molecule has 2 aromatic rings. The standard InChI is InChI=1S/C14H13Cl2N/c15-12-7-6-11(9-13(12)16)14(17)8-10-4-2-1-3-5-10/h1-7,9,14H,8,17H2/t14-/m1/s1. The molecule has 1 nitrogen and oxygen atoms in total. The lowest BCUT2D eigenvalue weighted by Crippen LogP contribution is -2.13. The molecule has 17 heavy (non-hydrogen) atoms. The summed E-state index contributed by atoms with van der Waals surface area (Å²) in [4.78, 5) is 0. The quantitative estimate of drug-likeness (QED) is 0.883. The number of hydrogen-bond donors (Lipinski definition) is 1. The Bertz CT molecular complexity index is 497. The van der Waals surface area contributed by atoms with Crippen LogP contribution in [-0.4, -0.2) is 0 Å². The molecular formula is C14H13Cl2N. The zero-order valence-corrected chi connectivity index (χ0v) is 10.7. The van der Waals surface area contributed by atoms with Crippen LogP contribution >= 0.6 is 23.2 Å². The van der Waals surface area contributed by atoms with Gasteiger partial charge in [0.2, 0.25) is 0 Å². The van der Waals surface area contributed by atoms with Crippen LogP contribution in [0.4, 0.5) is 0 Å². The number of nitrogens with two attached hydrogens (primary N) is 1. The first-order valence-electron chi connectivity index (χ1n) is 5.41. The fourth-order valence-corrected chi connectivity index (χ4v) is 2.04. The zero-order chi connectivity index (χ0) is 12.3. The summed E-state index contributed by atoms with van der Waals surface area (Å²) in [6.07, 6.45) is 0.790. The Hall–Kier alpha value is -1.02. The number of benzene rings is 2. The van der Waals surface area contributed by atoms with Crippen molar-refractivity contribution >= 4 is 23.2 Å². The third kappa shape index (κ3) is 3.22. The molecule has 0 saturated heterocycles. The van der Waals surface area contributed by atoms with Crippen LogP contribution in [0.5, 0.6) is 0 Å². The van der Waals surface area contributed by atoms with Gasteiger partial charge in [-0.1, -0.05) is 59.6 Å². The Kier molecular flexibility index (Phi) is 4.06. The summed E-state index contributed by atoms with van der Waals surface area (Å²) < 4.78 is 0. The van der Waals surface area contributed by atoms with Crippen LogP contribution in [0.2, 0.25) is 10.0 Å². The predicted molar refractivity (Wildman–Crippen MR) is 73.5 cm³/mol. The van der Waals surface area contributed by atoms with E-state index in [0.717, 1.165) is 12.0 Å². The molecule has 2 N–H and O–H groups in total. The van der Waals surface area contributed by atoms with Gasteiger partial charge in [-0.2, -0.15) is 0 Å². The second-order valence-electron chi connectivity index (χ2n) is 3.97. The van der Waals surface area contributed by atoms with Gasteiger partial charge in [0, 0.05) is 6.04 Å². The van der Waals surface area contributed by atoms with Crippen molar-refractivity contribution in [1.82, 2.24) is 0 Å². The summed E-state index contributed by atoms with van der Waals surface area (Å²) in [5.41, 5.74) is 8.36. The van der Waals surface area contributed by atoms with Crippen LogP contribution in [0.25, 0.3) is 0 Å². The van der Waals surface area contributed by atoms with E-state index in [4.69, 9.17) is 28.9 Å². The molecular weight excluding hydrogens is 253 g/mol. The molecule has 0 fully saturated rings. The lowest BCUT2D eigenvalue weighted by molar-refractivity contribution is 0.722. The highest BCUT2D eigenvalue weighted by Crippen LogP contribution is 2.26. The first-order chi connectivity index (χ1) is 8.16. The van der Waals surface area contributed by atoms with Gasteiger partial charge in [-0.3, -0.25) is 0 Å². The van der Waals surface area contributed by atoms with Crippen molar-refractivity contribution < 1.29 is 0 Å². The third-order valence-corrected chi connectivity index (χ3v) is 3.41. The van der Waals surface area contributed by atoms with E-state index in [1.165, 1.54) is 5.56 Å². The number of halogens is 2. The van der Waals surface area contributed by atoms with Gasteiger partial charge in [-0.05, 0) is 29.7 Å². The SMILES string of the molecule is N[C@H](Cc1ccccc1)c1ccc(Cl)c(Cl)c1. The first kappa shape index (κ1) is 12.4. The minimum Gasteiger partial charge on any atom is -0.324 e. The molecule has 3 heteroatoms. The largest absolute Gasteiger partial charge is 0.324 e. The van der Waals surface area contributed by atoms with Crippen molar-refractivity contribution in [3.8, 4) is 0 Å². The van der Waals surface area contributed by atoms with Crippen LogP contribution in [0.15, 0.2) is 48.5 Å². The maximum atomic E-state index is 6.14. The molecule has 0 radical (unpaired) electrons. The highest BCUT2D eigenvalue weighted by atomic mass is 35.5. The van der Waals surface area contributed by atoms with Gasteiger partial charge in [-0.25, -0.2) is 0 Å². The summed E-state index contributed by atoms with van der Waals surface area (Å²) >= 11 is 11.8. The fraction of sp³-hybridized carbons (Fsp3) is 0.143. The molecule has 0 saturated carbocycles. The van der Waals surface area contributed by atoms with Gasteiger partial charge in [0.25, 0.3) is 0 Å². The van der Waals surface area contributed by atoms with E-state index in [9.17, 15) is 0 Å². The monoisotopic (exact) mass is 265 g/mol. The van der Waals surface area contributed by atoms with E-state index >= 15 is 0 Å². The van der Waals surface area contributed by atoms with E-state index in [1.807, 2.05) is 30.3 Å². The molecule has 0 aliphatic rings. The average Bonchev–Trinajstić information content (AvgIpc) is 2.34. The van der Waals surface area contributed by atoms with E-state index < -0.39 is 0 Å². The normalized spacial score (nSPS) is 12.4.